The lowest BCUT2D eigenvalue weighted by molar-refractivity contribution is -0.384. The number of pyridine rings is 1. The standard InChI is InChI=1S/C22H18F3N3O3/c23-22(24,25)17-7-9-21(26-13-17)31-18-10-11-27(14-18)19-8-6-16(12-20(19)28(29)30)15-4-2-1-3-5-15/h1-9,12-13,18H,10-11,14H2/t18-/m0/s1. The summed E-state index contributed by atoms with van der Waals surface area (Å²) in [7, 11) is 0. The van der Waals surface area contributed by atoms with Gasteiger partial charge in [0.2, 0.25) is 5.88 Å². The summed E-state index contributed by atoms with van der Waals surface area (Å²) in [6.07, 6.45) is -3.49. The Morgan fingerprint density at radius 3 is 2.48 bits per heavy atom. The minimum atomic E-state index is -4.46. The van der Waals surface area contributed by atoms with Crippen LogP contribution in [-0.4, -0.2) is 29.1 Å². The van der Waals surface area contributed by atoms with Crippen LogP contribution in [0.3, 0.4) is 0 Å². The molecular weight excluding hydrogens is 411 g/mol. The number of nitro benzene ring substituents is 1. The molecule has 3 aromatic rings. The Morgan fingerprint density at radius 2 is 1.84 bits per heavy atom. The monoisotopic (exact) mass is 429 g/mol. The van der Waals surface area contributed by atoms with E-state index >= 15 is 0 Å². The van der Waals surface area contributed by atoms with Gasteiger partial charge in [-0.3, -0.25) is 10.1 Å². The van der Waals surface area contributed by atoms with Crippen LogP contribution in [0, 0.1) is 10.1 Å². The second-order valence-corrected chi connectivity index (χ2v) is 7.18. The molecule has 6 nitrogen and oxygen atoms in total. The molecule has 1 saturated heterocycles. The maximum atomic E-state index is 12.7. The van der Waals surface area contributed by atoms with Crippen LogP contribution in [0.4, 0.5) is 24.5 Å². The van der Waals surface area contributed by atoms with Gasteiger partial charge in [-0.25, -0.2) is 4.98 Å². The highest BCUT2D eigenvalue weighted by atomic mass is 19.4. The summed E-state index contributed by atoms with van der Waals surface area (Å²) in [5, 5.41) is 11.7. The van der Waals surface area contributed by atoms with Crippen LogP contribution in [-0.2, 0) is 6.18 Å². The molecule has 0 bridgehead atoms. The first-order valence-corrected chi connectivity index (χ1v) is 9.60. The first-order valence-electron chi connectivity index (χ1n) is 9.60. The predicted octanol–water partition coefficient (Wildman–Crippen LogP) is 5.33. The summed E-state index contributed by atoms with van der Waals surface area (Å²) < 4.78 is 43.7. The molecule has 0 saturated carbocycles. The van der Waals surface area contributed by atoms with Crippen LogP contribution in [0.25, 0.3) is 11.1 Å². The van der Waals surface area contributed by atoms with Gasteiger partial charge in [0.05, 0.1) is 17.0 Å². The quantitative estimate of drug-likeness (QED) is 0.405. The molecule has 1 fully saturated rings. The van der Waals surface area contributed by atoms with Gasteiger partial charge in [-0.05, 0) is 23.3 Å². The highest BCUT2D eigenvalue weighted by molar-refractivity contribution is 5.74. The normalized spacial score (nSPS) is 16.4. The van der Waals surface area contributed by atoms with E-state index in [9.17, 15) is 23.3 Å². The van der Waals surface area contributed by atoms with E-state index < -0.39 is 16.7 Å². The average molecular weight is 429 g/mol. The number of aromatic nitrogens is 1. The van der Waals surface area contributed by atoms with Gasteiger partial charge in [-0.2, -0.15) is 13.2 Å². The smallest absolute Gasteiger partial charge is 0.417 e. The maximum absolute atomic E-state index is 12.7. The van der Waals surface area contributed by atoms with Crippen molar-refractivity contribution < 1.29 is 22.8 Å². The fourth-order valence-corrected chi connectivity index (χ4v) is 3.58. The van der Waals surface area contributed by atoms with E-state index in [1.807, 2.05) is 41.3 Å². The minimum Gasteiger partial charge on any atom is -0.472 e. The van der Waals surface area contributed by atoms with Gasteiger partial charge >= 0.3 is 6.18 Å². The summed E-state index contributed by atoms with van der Waals surface area (Å²) in [6.45, 7) is 0.894. The van der Waals surface area contributed by atoms with Crippen molar-refractivity contribution in [3.05, 3.63) is 82.5 Å². The van der Waals surface area contributed by atoms with E-state index in [1.54, 1.807) is 12.1 Å². The van der Waals surface area contributed by atoms with Crippen LogP contribution < -0.4 is 9.64 Å². The number of rotatable bonds is 5. The predicted molar refractivity (Wildman–Crippen MR) is 109 cm³/mol. The fourth-order valence-electron chi connectivity index (χ4n) is 3.58. The van der Waals surface area contributed by atoms with Crippen molar-refractivity contribution >= 4 is 11.4 Å². The summed E-state index contributed by atoms with van der Waals surface area (Å²) >= 11 is 0. The van der Waals surface area contributed by atoms with Gasteiger partial charge in [-0.1, -0.05) is 36.4 Å². The van der Waals surface area contributed by atoms with E-state index in [0.717, 1.165) is 23.4 Å². The SMILES string of the molecule is O=[N+]([O-])c1cc(-c2ccccc2)ccc1N1CC[C@H](Oc2ccc(C(F)(F)F)cn2)C1. The van der Waals surface area contributed by atoms with Crippen molar-refractivity contribution in [2.75, 3.05) is 18.0 Å². The Hall–Kier alpha value is -3.62. The van der Waals surface area contributed by atoms with Crippen LogP contribution in [0.1, 0.15) is 12.0 Å². The molecule has 1 aromatic heterocycles. The van der Waals surface area contributed by atoms with Crippen LogP contribution in [0.2, 0.25) is 0 Å². The van der Waals surface area contributed by atoms with Crippen molar-refractivity contribution in [2.45, 2.75) is 18.7 Å². The minimum absolute atomic E-state index is 0.00495. The van der Waals surface area contributed by atoms with Crippen molar-refractivity contribution in [2.24, 2.45) is 0 Å². The summed E-state index contributed by atoms with van der Waals surface area (Å²) in [5.41, 5.74) is 1.26. The summed E-state index contributed by atoms with van der Waals surface area (Å²) in [5.74, 6) is 0.0915. The van der Waals surface area contributed by atoms with Gasteiger partial charge < -0.3 is 9.64 Å². The second kappa shape index (κ2) is 8.25. The van der Waals surface area contributed by atoms with Gasteiger partial charge in [0, 0.05) is 31.3 Å². The molecule has 1 aliphatic heterocycles. The molecule has 0 amide bonds. The Labute approximate surface area is 176 Å². The molecule has 0 spiro atoms. The highest BCUT2D eigenvalue weighted by Gasteiger charge is 2.32. The van der Waals surface area contributed by atoms with Gasteiger partial charge in [0.1, 0.15) is 11.8 Å². The van der Waals surface area contributed by atoms with Gasteiger partial charge in [0.25, 0.3) is 5.69 Å². The third-order valence-corrected chi connectivity index (χ3v) is 5.12. The maximum Gasteiger partial charge on any atom is 0.417 e. The topological polar surface area (TPSA) is 68.5 Å². The lowest BCUT2D eigenvalue weighted by Gasteiger charge is -2.19. The molecule has 31 heavy (non-hydrogen) atoms. The Balaban J connectivity index is 1.49. The number of ether oxygens (including phenoxy) is 1. The molecule has 0 radical (unpaired) electrons. The lowest BCUT2D eigenvalue weighted by Crippen LogP contribution is -2.25. The van der Waals surface area contributed by atoms with Crippen molar-refractivity contribution in [1.29, 1.82) is 0 Å². The number of benzene rings is 2. The number of hydrogen-bond donors (Lipinski definition) is 0. The van der Waals surface area contributed by atoms with Crippen molar-refractivity contribution in [3.63, 3.8) is 0 Å². The molecule has 9 heteroatoms. The molecule has 0 aliphatic carbocycles. The van der Waals surface area contributed by atoms with E-state index in [1.165, 1.54) is 6.07 Å². The Bertz CT molecular complexity index is 1070. The molecule has 0 unspecified atom stereocenters. The van der Waals surface area contributed by atoms with Crippen molar-refractivity contribution in [1.82, 2.24) is 4.98 Å². The number of anilines is 1. The van der Waals surface area contributed by atoms with Gasteiger partial charge in [-0.15, -0.1) is 0 Å². The second-order valence-electron chi connectivity index (χ2n) is 7.18. The van der Waals surface area contributed by atoms with Gasteiger partial charge in [0.15, 0.2) is 0 Å². The summed E-state index contributed by atoms with van der Waals surface area (Å²) in [6, 6.07) is 16.6. The molecule has 0 N–H and O–H groups in total. The fraction of sp³-hybridized carbons (Fsp3) is 0.227. The van der Waals surface area contributed by atoms with E-state index in [4.69, 9.17) is 4.74 Å². The van der Waals surface area contributed by atoms with Crippen LogP contribution in [0.5, 0.6) is 5.88 Å². The lowest BCUT2D eigenvalue weighted by atomic mass is 10.0. The molecule has 4 rings (SSSR count). The zero-order valence-electron chi connectivity index (χ0n) is 16.2. The third kappa shape index (κ3) is 4.60. The van der Waals surface area contributed by atoms with E-state index in [-0.39, 0.29) is 17.7 Å². The van der Waals surface area contributed by atoms with Crippen LogP contribution in [0.15, 0.2) is 66.9 Å². The first-order chi connectivity index (χ1) is 14.8. The van der Waals surface area contributed by atoms with E-state index in [0.29, 0.717) is 25.2 Å². The number of nitrogens with zero attached hydrogens (tertiary/aromatic N) is 3. The molecule has 2 aromatic carbocycles. The third-order valence-electron chi connectivity index (χ3n) is 5.12. The first kappa shape index (κ1) is 20.6. The van der Waals surface area contributed by atoms with Crippen LogP contribution >= 0.6 is 0 Å². The number of halogens is 3. The molecule has 1 aliphatic rings. The number of alkyl halides is 3. The zero-order valence-corrected chi connectivity index (χ0v) is 16.2. The number of nitro groups is 1. The molecule has 2 heterocycles. The molecular formula is C22H18F3N3O3. The Kier molecular flexibility index (Phi) is 5.50. The zero-order chi connectivity index (χ0) is 22.0. The van der Waals surface area contributed by atoms with Crippen molar-refractivity contribution in [3.8, 4) is 17.0 Å². The summed E-state index contributed by atoms with van der Waals surface area (Å²) in [4.78, 5) is 16.9. The molecule has 160 valence electrons. The van der Waals surface area contributed by atoms with E-state index in [2.05, 4.69) is 4.98 Å². The average Bonchev–Trinajstić information content (AvgIpc) is 3.22. The molecule has 1 atom stereocenters. The largest absolute Gasteiger partial charge is 0.472 e. The number of hydrogen-bond acceptors (Lipinski definition) is 5. The Morgan fingerprint density at radius 1 is 1.06 bits per heavy atom. The highest BCUT2D eigenvalue weighted by Crippen LogP contribution is 2.35.